The number of amides is 1. The van der Waals surface area contributed by atoms with Crippen LogP contribution in [-0.4, -0.2) is 27.4 Å². The standard InChI is InChI=1S/C23H18Cl2N4OS/c24-18-11-9-16(10-12-18)13-26-28-22(30)15-31-23-27-20-7-3-4-8-21(20)29(23)14-17-5-1-2-6-19(17)25/h1-13H,14-15H2,(H,28,30)/b26-13+. The van der Waals surface area contributed by atoms with Gasteiger partial charge in [-0.05, 0) is 41.5 Å². The molecular weight excluding hydrogens is 451 g/mol. The Morgan fingerprint density at radius 1 is 1.03 bits per heavy atom. The lowest BCUT2D eigenvalue weighted by Crippen LogP contribution is -2.20. The SMILES string of the molecule is O=C(CSc1nc2ccccc2n1Cc1ccccc1Cl)N/N=C/c1ccc(Cl)cc1. The highest BCUT2D eigenvalue weighted by molar-refractivity contribution is 7.99. The first-order valence-corrected chi connectivity index (χ1v) is 11.2. The Balaban J connectivity index is 1.46. The van der Waals surface area contributed by atoms with Crippen molar-refractivity contribution in [2.75, 3.05) is 5.75 Å². The van der Waals surface area contributed by atoms with Gasteiger partial charge in [0.05, 0.1) is 29.5 Å². The Bertz CT molecular complexity index is 1240. The summed E-state index contributed by atoms with van der Waals surface area (Å²) in [6.07, 6.45) is 1.57. The molecule has 4 rings (SSSR count). The number of carbonyl (C=O) groups excluding carboxylic acids is 1. The number of carbonyl (C=O) groups is 1. The van der Waals surface area contributed by atoms with E-state index in [-0.39, 0.29) is 11.7 Å². The number of hydrogen-bond donors (Lipinski definition) is 1. The second-order valence-corrected chi connectivity index (χ2v) is 8.48. The number of fused-ring (bicyclic) bond motifs is 1. The van der Waals surface area contributed by atoms with Crippen molar-refractivity contribution < 1.29 is 4.79 Å². The number of hydrogen-bond acceptors (Lipinski definition) is 4. The van der Waals surface area contributed by atoms with Gasteiger partial charge in [-0.1, -0.05) is 77.4 Å². The molecule has 0 saturated carbocycles. The van der Waals surface area contributed by atoms with E-state index < -0.39 is 0 Å². The first-order valence-electron chi connectivity index (χ1n) is 9.49. The molecule has 0 bridgehead atoms. The van der Waals surface area contributed by atoms with Gasteiger partial charge >= 0.3 is 0 Å². The third-order valence-electron chi connectivity index (χ3n) is 4.51. The molecule has 0 radical (unpaired) electrons. The van der Waals surface area contributed by atoms with Gasteiger partial charge in [0.1, 0.15) is 0 Å². The molecule has 156 valence electrons. The second kappa shape index (κ2) is 10.0. The number of imidazole rings is 1. The monoisotopic (exact) mass is 468 g/mol. The lowest BCUT2D eigenvalue weighted by atomic mass is 10.2. The van der Waals surface area contributed by atoms with Crippen molar-refractivity contribution in [1.82, 2.24) is 15.0 Å². The van der Waals surface area contributed by atoms with Crippen LogP contribution in [0.3, 0.4) is 0 Å². The molecular formula is C23H18Cl2N4OS. The van der Waals surface area contributed by atoms with E-state index in [4.69, 9.17) is 28.2 Å². The molecule has 0 aliphatic carbocycles. The summed E-state index contributed by atoms with van der Waals surface area (Å²) in [5.74, 6) is -0.0318. The van der Waals surface area contributed by atoms with Crippen molar-refractivity contribution in [2.24, 2.45) is 5.10 Å². The van der Waals surface area contributed by atoms with Crippen LogP contribution in [0.5, 0.6) is 0 Å². The summed E-state index contributed by atoms with van der Waals surface area (Å²) < 4.78 is 2.07. The van der Waals surface area contributed by atoms with Crippen LogP contribution in [0, 0.1) is 0 Å². The zero-order valence-electron chi connectivity index (χ0n) is 16.3. The molecule has 3 aromatic carbocycles. The molecule has 1 heterocycles. The number of aromatic nitrogens is 2. The number of hydrazone groups is 1. The topological polar surface area (TPSA) is 59.3 Å². The number of thioether (sulfide) groups is 1. The van der Waals surface area contributed by atoms with Crippen molar-refractivity contribution in [2.45, 2.75) is 11.7 Å². The lowest BCUT2D eigenvalue weighted by Gasteiger charge is -2.10. The molecule has 8 heteroatoms. The van der Waals surface area contributed by atoms with Crippen LogP contribution in [0.1, 0.15) is 11.1 Å². The first kappa shape index (κ1) is 21.4. The minimum absolute atomic E-state index is 0.184. The minimum Gasteiger partial charge on any atom is -0.314 e. The summed E-state index contributed by atoms with van der Waals surface area (Å²) in [4.78, 5) is 17.0. The third-order valence-corrected chi connectivity index (χ3v) is 6.11. The Labute approximate surface area is 194 Å². The van der Waals surface area contributed by atoms with Gasteiger partial charge < -0.3 is 4.57 Å². The van der Waals surface area contributed by atoms with E-state index in [1.54, 1.807) is 18.3 Å². The van der Waals surface area contributed by atoms with Crippen molar-refractivity contribution in [3.05, 3.63) is 94.0 Å². The molecule has 1 amide bonds. The molecule has 0 atom stereocenters. The molecule has 0 fully saturated rings. The number of benzene rings is 3. The fraction of sp³-hybridized carbons (Fsp3) is 0.0870. The maximum atomic E-state index is 12.3. The predicted octanol–water partition coefficient (Wildman–Crippen LogP) is 5.63. The highest BCUT2D eigenvalue weighted by Gasteiger charge is 2.14. The smallest absolute Gasteiger partial charge is 0.250 e. The van der Waals surface area contributed by atoms with Crippen LogP contribution in [0.2, 0.25) is 10.0 Å². The maximum Gasteiger partial charge on any atom is 0.250 e. The molecule has 0 saturated heterocycles. The zero-order chi connectivity index (χ0) is 21.6. The van der Waals surface area contributed by atoms with Crippen molar-refractivity contribution in [1.29, 1.82) is 0 Å². The van der Waals surface area contributed by atoms with Crippen LogP contribution in [0.15, 0.2) is 83.1 Å². The highest BCUT2D eigenvalue weighted by Crippen LogP contribution is 2.27. The van der Waals surface area contributed by atoms with Crippen LogP contribution in [-0.2, 0) is 11.3 Å². The average molecular weight is 469 g/mol. The summed E-state index contributed by atoms with van der Waals surface area (Å²) in [5.41, 5.74) is 6.25. The Hall–Kier alpha value is -2.80. The van der Waals surface area contributed by atoms with E-state index in [2.05, 4.69) is 15.1 Å². The highest BCUT2D eigenvalue weighted by atomic mass is 35.5. The Morgan fingerprint density at radius 2 is 1.77 bits per heavy atom. The third kappa shape index (κ3) is 5.47. The molecule has 0 aliphatic heterocycles. The average Bonchev–Trinajstić information content (AvgIpc) is 3.13. The molecule has 0 unspecified atom stereocenters. The van der Waals surface area contributed by atoms with Crippen LogP contribution < -0.4 is 5.43 Å². The number of rotatable bonds is 7. The number of nitrogens with zero attached hydrogens (tertiary/aromatic N) is 3. The maximum absolute atomic E-state index is 12.3. The van der Waals surface area contributed by atoms with Gasteiger partial charge in [0.15, 0.2) is 5.16 Å². The molecule has 31 heavy (non-hydrogen) atoms. The van der Waals surface area contributed by atoms with E-state index in [1.165, 1.54) is 11.8 Å². The van der Waals surface area contributed by atoms with Gasteiger partial charge in [0, 0.05) is 10.0 Å². The van der Waals surface area contributed by atoms with E-state index in [0.717, 1.165) is 27.3 Å². The van der Waals surface area contributed by atoms with Gasteiger partial charge in [0.2, 0.25) is 0 Å². The number of halogens is 2. The predicted molar refractivity (Wildman–Crippen MR) is 128 cm³/mol. The summed E-state index contributed by atoms with van der Waals surface area (Å²) in [6, 6.07) is 22.8. The molecule has 0 spiro atoms. The molecule has 1 N–H and O–H groups in total. The molecule has 5 nitrogen and oxygen atoms in total. The van der Waals surface area contributed by atoms with Gasteiger partial charge in [-0.3, -0.25) is 4.79 Å². The molecule has 4 aromatic rings. The summed E-state index contributed by atoms with van der Waals surface area (Å²) in [6.45, 7) is 0.568. The van der Waals surface area contributed by atoms with E-state index in [0.29, 0.717) is 16.6 Å². The fourth-order valence-electron chi connectivity index (χ4n) is 3.00. The van der Waals surface area contributed by atoms with Crippen molar-refractivity contribution >= 4 is 58.1 Å². The van der Waals surface area contributed by atoms with Crippen molar-refractivity contribution in [3.63, 3.8) is 0 Å². The lowest BCUT2D eigenvalue weighted by molar-refractivity contribution is -0.118. The summed E-state index contributed by atoms with van der Waals surface area (Å²) in [5, 5.41) is 6.10. The molecule has 0 aliphatic rings. The van der Waals surface area contributed by atoms with E-state index in [1.807, 2.05) is 60.7 Å². The number of para-hydroxylation sites is 2. The van der Waals surface area contributed by atoms with Gasteiger partial charge in [-0.2, -0.15) is 5.10 Å². The molecule has 1 aromatic heterocycles. The largest absolute Gasteiger partial charge is 0.314 e. The van der Waals surface area contributed by atoms with Crippen LogP contribution in [0.4, 0.5) is 0 Å². The van der Waals surface area contributed by atoms with E-state index in [9.17, 15) is 4.79 Å². The second-order valence-electron chi connectivity index (χ2n) is 6.69. The first-order chi connectivity index (χ1) is 15.1. The number of nitrogens with one attached hydrogen (secondary N) is 1. The zero-order valence-corrected chi connectivity index (χ0v) is 18.7. The van der Waals surface area contributed by atoms with E-state index >= 15 is 0 Å². The fourth-order valence-corrected chi connectivity index (χ4v) is 4.13. The van der Waals surface area contributed by atoms with Crippen LogP contribution in [0.25, 0.3) is 11.0 Å². The van der Waals surface area contributed by atoms with Gasteiger partial charge in [-0.25, -0.2) is 10.4 Å². The van der Waals surface area contributed by atoms with Gasteiger partial charge in [0.25, 0.3) is 5.91 Å². The Morgan fingerprint density at radius 3 is 2.58 bits per heavy atom. The summed E-state index contributed by atoms with van der Waals surface area (Å²) >= 11 is 13.6. The van der Waals surface area contributed by atoms with Gasteiger partial charge in [-0.15, -0.1) is 0 Å². The van der Waals surface area contributed by atoms with Crippen molar-refractivity contribution in [3.8, 4) is 0 Å². The Kier molecular flexibility index (Phi) is 6.92. The van der Waals surface area contributed by atoms with Crippen LogP contribution >= 0.6 is 35.0 Å². The summed E-state index contributed by atoms with van der Waals surface area (Å²) in [7, 11) is 0. The quantitative estimate of drug-likeness (QED) is 0.217. The minimum atomic E-state index is -0.216. The normalized spacial score (nSPS) is 11.3.